The predicted octanol–water partition coefficient (Wildman–Crippen LogP) is 3.58. The minimum atomic E-state index is -2.35. The Morgan fingerprint density at radius 3 is 2.22 bits per heavy atom. The molecule has 0 bridgehead atoms. The van der Waals surface area contributed by atoms with Gasteiger partial charge in [-0.2, -0.15) is 5.10 Å². The van der Waals surface area contributed by atoms with Gasteiger partial charge in [0, 0.05) is 42.5 Å². The number of fused-ring (bicyclic) bond motifs is 1. The molecule has 1 amide bonds. The Bertz CT molecular complexity index is 1570. The van der Waals surface area contributed by atoms with Crippen molar-refractivity contribution in [1.82, 2.24) is 19.3 Å². The zero-order valence-corrected chi connectivity index (χ0v) is 19.8. The van der Waals surface area contributed by atoms with Crippen LogP contribution in [0.5, 0.6) is 0 Å². The maximum absolute atomic E-state index is 15.1. The number of hydrogen-bond acceptors (Lipinski definition) is 5. The van der Waals surface area contributed by atoms with E-state index < -0.39 is 23.1 Å². The smallest absolute Gasteiger partial charge is 0.256 e. The first kappa shape index (κ1) is 24.3. The summed E-state index contributed by atoms with van der Waals surface area (Å²) >= 11 is 0. The lowest BCUT2D eigenvalue weighted by Crippen LogP contribution is -2.35. The molecule has 10 heteroatoms. The van der Waals surface area contributed by atoms with Crippen LogP contribution in [0.25, 0.3) is 11.0 Å². The molecule has 3 N–H and O–H groups in total. The van der Waals surface area contributed by atoms with Crippen LogP contribution >= 0.6 is 0 Å². The third kappa shape index (κ3) is 4.26. The van der Waals surface area contributed by atoms with Gasteiger partial charge in [-0.1, -0.05) is 36.4 Å². The van der Waals surface area contributed by atoms with Crippen LogP contribution in [0.15, 0.2) is 79.0 Å². The van der Waals surface area contributed by atoms with E-state index in [-0.39, 0.29) is 35.7 Å². The number of carbonyl (C=O) groups is 1. The maximum atomic E-state index is 15.1. The van der Waals surface area contributed by atoms with Crippen molar-refractivity contribution < 1.29 is 23.8 Å². The Labute approximate surface area is 210 Å². The third-order valence-electron chi connectivity index (χ3n) is 6.14. The van der Waals surface area contributed by atoms with Gasteiger partial charge in [-0.25, -0.2) is 13.8 Å². The number of imidazole rings is 1. The average molecular weight is 504 g/mol. The summed E-state index contributed by atoms with van der Waals surface area (Å²) in [5, 5.41) is 28.8. The first-order valence-corrected chi connectivity index (χ1v) is 11.5. The highest BCUT2D eigenvalue weighted by Gasteiger charge is 2.43. The average Bonchev–Trinajstić information content (AvgIpc) is 3.47. The Morgan fingerprint density at radius 1 is 1.00 bits per heavy atom. The van der Waals surface area contributed by atoms with Crippen LogP contribution in [-0.2, 0) is 19.2 Å². The standard InChI is InChI=1S/C27H23F2N5O3/c1-33-13-12-24(32-33)31-25(36)17-10-11-22-23(16-17)34(14-15-35)26(30-22)27(37,18-6-2-4-8-20(18)28)19-7-3-5-9-21(19)29/h2-13,16,35,37H,14-15H2,1H3,(H,31,32,36). The number of aliphatic hydroxyl groups excluding tert-OH is 1. The molecule has 0 aliphatic heterocycles. The van der Waals surface area contributed by atoms with Gasteiger partial charge in [0.2, 0.25) is 0 Å². The number of aliphatic hydroxyl groups is 2. The van der Waals surface area contributed by atoms with E-state index in [1.54, 1.807) is 42.2 Å². The highest BCUT2D eigenvalue weighted by Crippen LogP contribution is 2.40. The van der Waals surface area contributed by atoms with Gasteiger partial charge in [-0.3, -0.25) is 9.48 Å². The second-order valence-corrected chi connectivity index (χ2v) is 8.51. The maximum Gasteiger partial charge on any atom is 0.256 e. The molecule has 3 aromatic carbocycles. The summed E-state index contributed by atoms with van der Waals surface area (Å²) in [6.07, 6.45) is 1.69. The normalized spacial score (nSPS) is 11.7. The number of halogens is 2. The molecule has 5 aromatic rings. The van der Waals surface area contributed by atoms with Crippen LogP contribution in [0.4, 0.5) is 14.6 Å². The highest BCUT2D eigenvalue weighted by molar-refractivity contribution is 6.05. The molecular formula is C27H23F2N5O3. The zero-order valence-electron chi connectivity index (χ0n) is 19.8. The molecule has 0 saturated carbocycles. The molecular weight excluding hydrogens is 480 g/mol. The summed E-state index contributed by atoms with van der Waals surface area (Å²) in [5.74, 6) is -1.69. The number of aromatic nitrogens is 4. The topological polar surface area (TPSA) is 105 Å². The molecule has 188 valence electrons. The van der Waals surface area contributed by atoms with E-state index in [4.69, 9.17) is 0 Å². The minimum absolute atomic E-state index is 0.0532. The summed E-state index contributed by atoms with van der Waals surface area (Å²) in [6.45, 7) is -0.407. The lowest BCUT2D eigenvalue weighted by atomic mass is 9.84. The molecule has 8 nitrogen and oxygen atoms in total. The highest BCUT2D eigenvalue weighted by atomic mass is 19.1. The zero-order chi connectivity index (χ0) is 26.2. The van der Waals surface area contributed by atoms with Crippen LogP contribution < -0.4 is 5.32 Å². The fraction of sp³-hybridized carbons (Fsp3) is 0.148. The van der Waals surface area contributed by atoms with Gasteiger partial charge in [-0.05, 0) is 30.3 Å². The second kappa shape index (κ2) is 9.57. The van der Waals surface area contributed by atoms with Gasteiger partial charge in [0.05, 0.1) is 17.6 Å². The molecule has 0 spiro atoms. The Morgan fingerprint density at radius 2 is 1.65 bits per heavy atom. The lowest BCUT2D eigenvalue weighted by Gasteiger charge is -2.30. The molecule has 0 fully saturated rings. The van der Waals surface area contributed by atoms with Gasteiger partial charge >= 0.3 is 0 Å². The lowest BCUT2D eigenvalue weighted by molar-refractivity contribution is 0.101. The van der Waals surface area contributed by atoms with Crippen LogP contribution in [0.3, 0.4) is 0 Å². The van der Waals surface area contributed by atoms with Crippen molar-refractivity contribution in [2.24, 2.45) is 7.05 Å². The molecule has 5 rings (SSSR count). The molecule has 0 unspecified atom stereocenters. The Kier molecular flexibility index (Phi) is 6.28. The molecule has 0 radical (unpaired) electrons. The fourth-order valence-electron chi connectivity index (χ4n) is 4.43. The first-order valence-electron chi connectivity index (χ1n) is 11.5. The summed E-state index contributed by atoms with van der Waals surface area (Å²) in [4.78, 5) is 17.4. The van der Waals surface area contributed by atoms with Gasteiger partial charge in [0.25, 0.3) is 5.91 Å². The molecule has 0 saturated heterocycles. The number of amides is 1. The number of nitrogens with one attached hydrogen (secondary N) is 1. The quantitative estimate of drug-likeness (QED) is 0.315. The Hall–Kier alpha value is -4.41. The number of anilines is 1. The molecule has 0 aliphatic rings. The summed E-state index contributed by atoms with van der Waals surface area (Å²) < 4.78 is 33.2. The first-order chi connectivity index (χ1) is 17.8. The van der Waals surface area contributed by atoms with Gasteiger partial charge in [-0.15, -0.1) is 0 Å². The second-order valence-electron chi connectivity index (χ2n) is 8.51. The number of hydrogen-bond donors (Lipinski definition) is 3. The van der Waals surface area contributed by atoms with E-state index in [1.807, 2.05) is 0 Å². The van der Waals surface area contributed by atoms with Crippen LogP contribution in [0.2, 0.25) is 0 Å². The van der Waals surface area contributed by atoms with Crippen LogP contribution in [-0.4, -0.2) is 42.1 Å². The van der Waals surface area contributed by atoms with Gasteiger partial charge in [0.1, 0.15) is 11.6 Å². The van der Waals surface area contributed by atoms with Crippen molar-refractivity contribution in [2.75, 3.05) is 11.9 Å². The number of benzene rings is 3. The van der Waals surface area contributed by atoms with E-state index >= 15 is 8.78 Å². The number of nitrogens with zero attached hydrogens (tertiary/aromatic N) is 4. The summed E-state index contributed by atoms with van der Waals surface area (Å²) in [6, 6.07) is 17.3. The van der Waals surface area contributed by atoms with Crippen molar-refractivity contribution in [2.45, 2.75) is 12.1 Å². The van der Waals surface area contributed by atoms with Crippen molar-refractivity contribution in [3.8, 4) is 0 Å². The molecule has 2 heterocycles. The van der Waals surface area contributed by atoms with E-state index in [9.17, 15) is 15.0 Å². The van der Waals surface area contributed by atoms with Crippen molar-refractivity contribution >= 4 is 22.8 Å². The Balaban J connectivity index is 1.71. The largest absolute Gasteiger partial charge is 0.395 e. The summed E-state index contributed by atoms with van der Waals surface area (Å²) in [5.41, 5.74) is -1.73. The van der Waals surface area contributed by atoms with Crippen molar-refractivity contribution in [3.05, 3.63) is 113 Å². The third-order valence-corrected chi connectivity index (χ3v) is 6.14. The number of rotatable bonds is 7. The predicted molar refractivity (Wildman–Crippen MR) is 133 cm³/mol. The SMILES string of the molecule is Cn1ccc(NC(=O)c2ccc3nc(C(O)(c4ccccc4F)c4ccccc4F)n(CCO)c3c2)n1. The molecule has 0 aliphatic carbocycles. The van der Waals surface area contributed by atoms with Gasteiger partial charge < -0.3 is 20.1 Å². The number of aryl methyl sites for hydroxylation is 1. The van der Waals surface area contributed by atoms with E-state index in [1.165, 1.54) is 53.1 Å². The molecule has 37 heavy (non-hydrogen) atoms. The molecule has 0 atom stereocenters. The van der Waals surface area contributed by atoms with E-state index in [2.05, 4.69) is 15.4 Å². The fourth-order valence-corrected chi connectivity index (χ4v) is 4.43. The molecule has 2 aromatic heterocycles. The van der Waals surface area contributed by atoms with Crippen LogP contribution in [0, 0.1) is 11.6 Å². The monoisotopic (exact) mass is 503 g/mol. The van der Waals surface area contributed by atoms with Gasteiger partial charge in [0.15, 0.2) is 17.2 Å². The minimum Gasteiger partial charge on any atom is -0.395 e. The van der Waals surface area contributed by atoms with Crippen molar-refractivity contribution in [1.29, 1.82) is 0 Å². The number of carbonyl (C=O) groups excluding carboxylic acids is 1. The van der Waals surface area contributed by atoms with E-state index in [0.717, 1.165) is 0 Å². The van der Waals surface area contributed by atoms with E-state index in [0.29, 0.717) is 16.9 Å². The van der Waals surface area contributed by atoms with Crippen molar-refractivity contribution in [3.63, 3.8) is 0 Å². The summed E-state index contributed by atoms with van der Waals surface area (Å²) in [7, 11) is 1.73. The van der Waals surface area contributed by atoms with Crippen LogP contribution in [0.1, 0.15) is 27.3 Å².